The molecule has 1 aromatic heterocycles. The van der Waals surface area contributed by atoms with Gasteiger partial charge in [0.15, 0.2) is 0 Å². The summed E-state index contributed by atoms with van der Waals surface area (Å²) < 4.78 is 40.6. The van der Waals surface area contributed by atoms with Crippen molar-refractivity contribution in [2.75, 3.05) is 14.2 Å². The van der Waals surface area contributed by atoms with Gasteiger partial charge >= 0.3 is 0 Å². The Morgan fingerprint density at radius 2 is 1.56 bits per heavy atom. The molecule has 4 rings (SSSR count). The predicted molar refractivity (Wildman–Crippen MR) is 125 cm³/mol. The molecule has 174 valence electrons. The molecule has 1 heterocycles. The minimum absolute atomic E-state index is 0.0554. The molecule has 0 bridgehead atoms. The van der Waals surface area contributed by atoms with Gasteiger partial charge < -0.3 is 18.9 Å². The molecule has 0 spiro atoms. The van der Waals surface area contributed by atoms with Gasteiger partial charge in [0.05, 0.1) is 25.5 Å². The molecule has 0 fully saturated rings. The molecule has 3 aromatic carbocycles. The normalized spacial score (nSPS) is 10.7. The first-order valence-corrected chi connectivity index (χ1v) is 10.7. The Bertz CT molecular complexity index is 1290. The summed E-state index contributed by atoms with van der Waals surface area (Å²) in [6.45, 7) is 0.0863. The Hall–Kier alpha value is -4.13. The fraction of sp³-hybridized carbons (Fsp3) is 0.148. The molecule has 34 heavy (non-hydrogen) atoms. The van der Waals surface area contributed by atoms with E-state index >= 15 is 0 Å². The molecule has 0 radical (unpaired) electrons. The van der Waals surface area contributed by atoms with Crippen molar-refractivity contribution in [2.45, 2.75) is 13.1 Å². The lowest BCUT2D eigenvalue weighted by atomic mass is 10.1. The van der Waals surface area contributed by atoms with Crippen LogP contribution in [-0.2, 0) is 13.1 Å². The summed E-state index contributed by atoms with van der Waals surface area (Å²) in [5.41, 5.74) is 2.08. The molecule has 4 aromatic rings. The summed E-state index contributed by atoms with van der Waals surface area (Å²) in [5, 5.41) is 0. The van der Waals surface area contributed by atoms with Gasteiger partial charge in [-0.05, 0) is 42.5 Å². The van der Waals surface area contributed by atoms with Crippen molar-refractivity contribution in [2.24, 2.45) is 0 Å². The zero-order valence-electron chi connectivity index (χ0n) is 18.9. The first-order chi connectivity index (χ1) is 16.5. The molecule has 5 nitrogen and oxygen atoms in total. The summed E-state index contributed by atoms with van der Waals surface area (Å²) in [7, 11) is 3.09. The third-order valence-electron chi connectivity index (χ3n) is 5.54. The lowest BCUT2D eigenvalue weighted by molar-refractivity contribution is 0.0727. The van der Waals surface area contributed by atoms with Crippen LogP contribution in [0.3, 0.4) is 0 Å². The summed E-state index contributed by atoms with van der Waals surface area (Å²) in [6.07, 6.45) is 3.70. The number of carbonyl (C=O) groups excluding carboxylic acids is 1. The minimum Gasteiger partial charge on any atom is -0.497 e. The first kappa shape index (κ1) is 23.0. The number of carbonyl (C=O) groups is 1. The standard InChI is InChI=1S/C27H24F2N2O3/c1-33-22-12-10-20(26(16-22)34-2)18-31(17-19-9-11-21(28)15-24(19)29)27(32)23-7-3-4-8-25(23)30-13-5-6-14-30/h3-16H,17-18H2,1-2H3. The van der Waals surface area contributed by atoms with Gasteiger partial charge in [0.25, 0.3) is 5.91 Å². The van der Waals surface area contributed by atoms with Crippen molar-refractivity contribution < 1.29 is 23.0 Å². The van der Waals surface area contributed by atoms with Gasteiger partial charge in [-0.25, -0.2) is 8.78 Å². The second-order valence-electron chi connectivity index (χ2n) is 7.68. The Kier molecular flexibility index (Phi) is 6.92. The molecule has 0 N–H and O–H groups in total. The van der Waals surface area contributed by atoms with Crippen molar-refractivity contribution in [1.82, 2.24) is 9.47 Å². The van der Waals surface area contributed by atoms with E-state index in [-0.39, 0.29) is 24.6 Å². The third-order valence-corrected chi connectivity index (χ3v) is 5.54. The fourth-order valence-corrected chi connectivity index (χ4v) is 3.79. The van der Waals surface area contributed by atoms with Crippen LogP contribution < -0.4 is 9.47 Å². The number of methoxy groups -OCH3 is 2. The Morgan fingerprint density at radius 3 is 2.26 bits per heavy atom. The average molecular weight is 462 g/mol. The van der Waals surface area contributed by atoms with E-state index in [2.05, 4.69) is 0 Å². The number of aromatic nitrogens is 1. The molecule has 0 saturated carbocycles. The number of nitrogens with zero attached hydrogens (tertiary/aromatic N) is 2. The molecule has 0 aliphatic rings. The zero-order chi connectivity index (χ0) is 24.1. The minimum atomic E-state index is -0.710. The van der Waals surface area contributed by atoms with Crippen LogP contribution in [0.25, 0.3) is 5.69 Å². The zero-order valence-corrected chi connectivity index (χ0v) is 18.9. The number of ether oxygens (including phenoxy) is 2. The van der Waals surface area contributed by atoms with Crippen molar-refractivity contribution in [3.63, 3.8) is 0 Å². The van der Waals surface area contributed by atoms with Gasteiger partial charge in [-0.1, -0.05) is 18.2 Å². The van der Waals surface area contributed by atoms with E-state index < -0.39 is 11.6 Å². The lowest BCUT2D eigenvalue weighted by Crippen LogP contribution is -2.31. The summed E-state index contributed by atoms with van der Waals surface area (Å²) in [5.74, 6) is -0.533. The largest absolute Gasteiger partial charge is 0.497 e. The topological polar surface area (TPSA) is 43.7 Å². The van der Waals surface area contributed by atoms with E-state index in [9.17, 15) is 13.6 Å². The number of halogens is 2. The van der Waals surface area contributed by atoms with Crippen LogP contribution in [0.15, 0.2) is 85.2 Å². The first-order valence-electron chi connectivity index (χ1n) is 10.7. The second kappa shape index (κ2) is 10.2. The van der Waals surface area contributed by atoms with Crippen molar-refractivity contribution in [1.29, 1.82) is 0 Å². The van der Waals surface area contributed by atoms with Crippen LogP contribution in [0.4, 0.5) is 8.78 Å². The van der Waals surface area contributed by atoms with Crippen LogP contribution in [0.5, 0.6) is 11.5 Å². The van der Waals surface area contributed by atoms with Crippen LogP contribution >= 0.6 is 0 Å². The van der Waals surface area contributed by atoms with Crippen LogP contribution in [0.2, 0.25) is 0 Å². The molecule has 0 unspecified atom stereocenters. The maximum atomic E-state index is 14.5. The summed E-state index contributed by atoms with van der Waals surface area (Å²) >= 11 is 0. The molecular formula is C27H24F2N2O3. The number of para-hydroxylation sites is 1. The van der Waals surface area contributed by atoms with Crippen LogP contribution in [-0.4, -0.2) is 29.6 Å². The number of benzene rings is 3. The molecule has 0 saturated heterocycles. The highest BCUT2D eigenvalue weighted by molar-refractivity contribution is 5.97. The molecule has 0 aliphatic heterocycles. The number of rotatable bonds is 8. The highest BCUT2D eigenvalue weighted by Gasteiger charge is 2.23. The van der Waals surface area contributed by atoms with E-state index in [0.29, 0.717) is 22.7 Å². The van der Waals surface area contributed by atoms with E-state index in [1.165, 1.54) is 24.1 Å². The highest BCUT2D eigenvalue weighted by atomic mass is 19.1. The quantitative estimate of drug-likeness (QED) is 0.342. The van der Waals surface area contributed by atoms with Gasteiger partial charge in [-0.2, -0.15) is 0 Å². The molecule has 1 amide bonds. The van der Waals surface area contributed by atoms with Gasteiger partial charge in [-0.3, -0.25) is 4.79 Å². The molecule has 0 aliphatic carbocycles. The number of amides is 1. The number of hydrogen-bond donors (Lipinski definition) is 0. The number of hydrogen-bond acceptors (Lipinski definition) is 3. The maximum Gasteiger partial charge on any atom is 0.256 e. The molecule has 7 heteroatoms. The smallest absolute Gasteiger partial charge is 0.256 e. The third kappa shape index (κ3) is 4.93. The van der Waals surface area contributed by atoms with Crippen molar-refractivity contribution in [3.8, 4) is 17.2 Å². The SMILES string of the molecule is COc1ccc(CN(Cc2ccc(F)cc2F)C(=O)c2ccccc2-n2cccc2)c(OC)c1. The Morgan fingerprint density at radius 1 is 0.853 bits per heavy atom. The van der Waals surface area contributed by atoms with E-state index in [4.69, 9.17) is 9.47 Å². The van der Waals surface area contributed by atoms with Gasteiger partial charge in [-0.15, -0.1) is 0 Å². The van der Waals surface area contributed by atoms with E-state index in [0.717, 1.165) is 11.6 Å². The Labute approximate surface area is 196 Å². The highest BCUT2D eigenvalue weighted by Crippen LogP contribution is 2.28. The second-order valence-corrected chi connectivity index (χ2v) is 7.68. The van der Waals surface area contributed by atoms with Gasteiger partial charge in [0.1, 0.15) is 23.1 Å². The van der Waals surface area contributed by atoms with Crippen LogP contribution in [0.1, 0.15) is 21.5 Å². The molecule has 0 atom stereocenters. The molecular weight excluding hydrogens is 438 g/mol. The fourth-order valence-electron chi connectivity index (χ4n) is 3.79. The Balaban J connectivity index is 1.75. The monoisotopic (exact) mass is 462 g/mol. The summed E-state index contributed by atoms with van der Waals surface area (Å²) in [4.78, 5) is 15.3. The van der Waals surface area contributed by atoms with E-state index in [1.54, 1.807) is 37.4 Å². The maximum absolute atomic E-state index is 14.5. The van der Waals surface area contributed by atoms with Crippen molar-refractivity contribution >= 4 is 5.91 Å². The predicted octanol–water partition coefficient (Wildman–Crippen LogP) is 5.62. The average Bonchev–Trinajstić information content (AvgIpc) is 3.40. The van der Waals surface area contributed by atoms with Gasteiger partial charge in [0, 0.05) is 48.7 Å². The van der Waals surface area contributed by atoms with Crippen molar-refractivity contribution in [3.05, 3.63) is 114 Å². The summed E-state index contributed by atoms with van der Waals surface area (Å²) in [6, 6.07) is 19.6. The lowest BCUT2D eigenvalue weighted by Gasteiger charge is -2.25. The van der Waals surface area contributed by atoms with E-state index in [1.807, 2.05) is 41.2 Å². The van der Waals surface area contributed by atoms with Crippen LogP contribution in [0, 0.1) is 11.6 Å². The van der Waals surface area contributed by atoms with Gasteiger partial charge in [0.2, 0.25) is 0 Å².